The van der Waals surface area contributed by atoms with Crippen molar-refractivity contribution in [2.24, 2.45) is 0 Å². The molecule has 140 valence electrons. The van der Waals surface area contributed by atoms with Crippen molar-refractivity contribution in [3.8, 4) is 0 Å². The summed E-state index contributed by atoms with van der Waals surface area (Å²) in [6.07, 6.45) is 2.43. The Morgan fingerprint density at radius 2 is 1.81 bits per heavy atom. The molecule has 1 aliphatic heterocycles. The Balaban J connectivity index is 1.45. The maximum Gasteiger partial charge on any atom is 0.451 e. The van der Waals surface area contributed by atoms with Crippen LogP contribution in [-0.2, 0) is 19.0 Å². The van der Waals surface area contributed by atoms with Crippen LogP contribution in [0.5, 0.6) is 0 Å². The molecule has 1 saturated heterocycles. The molecule has 2 heterocycles. The minimum Gasteiger partial charge on any atom is -0.323 e. The molecule has 2 aromatic rings. The van der Waals surface area contributed by atoms with Crippen LogP contribution in [0.1, 0.15) is 42.6 Å². The van der Waals surface area contributed by atoms with Crippen molar-refractivity contribution < 1.29 is 13.2 Å². The van der Waals surface area contributed by atoms with Crippen LogP contribution >= 0.6 is 0 Å². The van der Waals surface area contributed by atoms with Crippen LogP contribution in [0, 0.1) is 0 Å². The number of halogens is 3. The number of hydrogen-bond donors (Lipinski definition) is 2. The Hall–Kier alpha value is -2.09. The molecule has 0 amide bonds. The van der Waals surface area contributed by atoms with Gasteiger partial charge in [-0.25, -0.2) is 0 Å². The van der Waals surface area contributed by atoms with Gasteiger partial charge in [-0.1, -0.05) is 6.07 Å². The number of likely N-dealkylation sites (tertiary alicyclic amines) is 1. The number of anilines is 2. The number of nitrogens with zero attached hydrogens (tertiary/aromatic N) is 3. The van der Waals surface area contributed by atoms with Gasteiger partial charge in [-0.3, -0.25) is 5.10 Å². The van der Waals surface area contributed by atoms with Gasteiger partial charge in [0.05, 0.1) is 0 Å². The number of aromatic nitrogens is 3. The fraction of sp³-hybridized carbons (Fsp3) is 0.556. The van der Waals surface area contributed by atoms with Gasteiger partial charge in [0.1, 0.15) is 0 Å². The smallest absolute Gasteiger partial charge is 0.323 e. The first-order chi connectivity index (χ1) is 12.5. The topological polar surface area (TPSA) is 56.8 Å². The highest BCUT2D eigenvalue weighted by Crippen LogP contribution is 2.30. The normalized spacial score (nSPS) is 21.4. The Morgan fingerprint density at radius 1 is 1.08 bits per heavy atom. The van der Waals surface area contributed by atoms with Crippen molar-refractivity contribution in [3.05, 3.63) is 35.2 Å². The third-order valence-corrected chi connectivity index (χ3v) is 5.37. The molecule has 1 aromatic carbocycles. The summed E-state index contributed by atoms with van der Waals surface area (Å²) in [4.78, 5) is 6.07. The van der Waals surface area contributed by atoms with E-state index in [0.717, 1.165) is 24.9 Å². The molecule has 1 unspecified atom stereocenters. The zero-order chi connectivity index (χ0) is 18.1. The lowest BCUT2D eigenvalue weighted by Crippen LogP contribution is -2.32. The SMILES string of the molecule is FC(F)(F)c1nc(Nc2ccc3c(c2)CCC(N2CCCC2)CC3)n[nH]1. The average molecular weight is 365 g/mol. The highest BCUT2D eigenvalue weighted by Gasteiger charge is 2.35. The average Bonchev–Trinajstić information content (AvgIpc) is 3.24. The molecular formula is C18H22F3N5. The maximum absolute atomic E-state index is 12.6. The number of aromatic amines is 1. The quantitative estimate of drug-likeness (QED) is 0.810. The predicted octanol–water partition coefficient (Wildman–Crippen LogP) is 3.91. The third kappa shape index (κ3) is 3.70. The molecule has 2 aliphatic rings. The first-order valence-electron chi connectivity index (χ1n) is 9.11. The van der Waals surface area contributed by atoms with Crippen molar-refractivity contribution in [3.63, 3.8) is 0 Å². The van der Waals surface area contributed by atoms with Gasteiger partial charge in [0.25, 0.3) is 0 Å². The van der Waals surface area contributed by atoms with E-state index in [-0.39, 0.29) is 5.95 Å². The summed E-state index contributed by atoms with van der Waals surface area (Å²) < 4.78 is 37.8. The van der Waals surface area contributed by atoms with Crippen LogP contribution in [0.2, 0.25) is 0 Å². The minimum absolute atomic E-state index is 0.0687. The monoisotopic (exact) mass is 365 g/mol. The molecule has 2 N–H and O–H groups in total. The van der Waals surface area contributed by atoms with E-state index in [2.05, 4.69) is 26.4 Å². The van der Waals surface area contributed by atoms with Crippen molar-refractivity contribution in [2.75, 3.05) is 18.4 Å². The Kier molecular flexibility index (Phi) is 4.60. The number of alkyl halides is 3. The molecule has 1 atom stereocenters. The zero-order valence-electron chi connectivity index (χ0n) is 14.4. The fourth-order valence-electron chi connectivity index (χ4n) is 4.01. The molecule has 26 heavy (non-hydrogen) atoms. The lowest BCUT2D eigenvalue weighted by molar-refractivity contribution is -0.144. The van der Waals surface area contributed by atoms with E-state index in [1.807, 2.05) is 17.2 Å². The van der Waals surface area contributed by atoms with Crippen LogP contribution in [0.15, 0.2) is 18.2 Å². The molecular weight excluding hydrogens is 343 g/mol. The van der Waals surface area contributed by atoms with Crippen LogP contribution in [0.4, 0.5) is 24.8 Å². The summed E-state index contributed by atoms with van der Waals surface area (Å²) in [5, 5.41) is 8.39. The second kappa shape index (κ2) is 6.90. The number of benzene rings is 1. The summed E-state index contributed by atoms with van der Waals surface area (Å²) in [7, 11) is 0. The van der Waals surface area contributed by atoms with Gasteiger partial charge in [0.2, 0.25) is 11.8 Å². The summed E-state index contributed by atoms with van der Waals surface area (Å²) in [6.45, 7) is 2.42. The van der Waals surface area contributed by atoms with Gasteiger partial charge in [0.15, 0.2) is 0 Å². The van der Waals surface area contributed by atoms with Crippen molar-refractivity contribution in [1.82, 2.24) is 20.1 Å². The molecule has 0 spiro atoms. The predicted molar refractivity (Wildman–Crippen MR) is 92.3 cm³/mol. The highest BCUT2D eigenvalue weighted by molar-refractivity contribution is 5.56. The number of fused-ring (bicyclic) bond motifs is 1. The van der Waals surface area contributed by atoms with Crippen LogP contribution in [0.3, 0.4) is 0 Å². The molecule has 1 aliphatic carbocycles. The minimum atomic E-state index is -4.52. The number of nitrogens with one attached hydrogen (secondary N) is 2. The Labute approximate surface area is 150 Å². The van der Waals surface area contributed by atoms with Gasteiger partial charge in [-0.2, -0.15) is 18.2 Å². The van der Waals surface area contributed by atoms with E-state index in [1.54, 1.807) is 0 Å². The molecule has 4 rings (SSSR count). The number of H-pyrrole nitrogens is 1. The first kappa shape index (κ1) is 17.3. The zero-order valence-corrected chi connectivity index (χ0v) is 14.4. The number of aryl methyl sites for hydroxylation is 2. The summed E-state index contributed by atoms with van der Waals surface area (Å²) >= 11 is 0. The lowest BCUT2D eigenvalue weighted by Gasteiger charge is -2.25. The molecule has 1 aromatic heterocycles. The van der Waals surface area contributed by atoms with Gasteiger partial charge in [-0.05, 0) is 74.9 Å². The third-order valence-electron chi connectivity index (χ3n) is 5.37. The summed E-state index contributed by atoms with van der Waals surface area (Å²) in [5.41, 5.74) is 3.32. The lowest BCUT2D eigenvalue weighted by atomic mass is 10.0. The Bertz CT molecular complexity index is 764. The molecule has 5 nitrogen and oxygen atoms in total. The van der Waals surface area contributed by atoms with E-state index in [9.17, 15) is 13.2 Å². The molecule has 0 saturated carbocycles. The second-order valence-electron chi connectivity index (χ2n) is 7.09. The van der Waals surface area contributed by atoms with Crippen LogP contribution in [-0.4, -0.2) is 39.2 Å². The summed E-state index contributed by atoms with van der Waals surface area (Å²) in [6, 6.07) is 6.62. The second-order valence-corrected chi connectivity index (χ2v) is 7.09. The largest absolute Gasteiger partial charge is 0.451 e. The van der Waals surface area contributed by atoms with E-state index >= 15 is 0 Å². The molecule has 8 heteroatoms. The van der Waals surface area contributed by atoms with Crippen molar-refractivity contribution in [1.29, 1.82) is 0 Å². The van der Waals surface area contributed by atoms with E-state index in [1.165, 1.54) is 43.5 Å². The van der Waals surface area contributed by atoms with Crippen molar-refractivity contribution in [2.45, 2.75) is 50.7 Å². The van der Waals surface area contributed by atoms with E-state index < -0.39 is 12.0 Å². The van der Waals surface area contributed by atoms with Gasteiger partial charge >= 0.3 is 6.18 Å². The molecule has 0 radical (unpaired) electrons. The van der Waals surface area contributed by atoms with E-state index in [0.29, 0.717) is 6.04 Å². The number of hydrogen-bond acceptors (Lipinski definition) is 4. The van der Waals surface area contributed by atoms with Crippen LogP contribution in [0.25, 0.3) is 0 Å². The molecule has 0 bridgehead atoms. The highest BCUT2D eigenvalue weighted by atomic mass is 19.4. The number of rotatable bonds is 3. The van der Waals surface area contributed by atoms with Gasteiger partial charge in [0, 0.05) is 11.7 Å². The first-order valence-corrected chi connectivity index (χ1v) is 9.11. The standard InChI is InChI=1S/C18H22F3N5/c19-18(20,21)16-23-17(25-24-16)22-14-6-3-12-4-7-15(8-5-13(12)11-14)26-9-1-2-10-26/h3,6,11,15H,1-2,4-5,7-10H2,(H2,22,23,24,25). The Morgan fingerprint density at radius 3 is 2.50 bits per heavy atom. The summed E-state index contributed by atoms with van der Waals surface area (Å²) in [5.74, 6) is -1.16. The van der Waals surface area contributed by atoms with Crippen LogP contribution < -0.4 is 5.32 Å². The van der Waals surface area contributed by atoms with Crippen molar-refractivity contribution >= 4 is 11.6 Å². The fourth-order valence-corrected chi connectivity index (χ4v) is 4.01. The van der Waals surface area contributed by atoms with E-state index in [4.69, 9.17) is 0 Å². The van der Waals surface area contributed by atoms with Gasteiger partial charge in [-0.15, -0.1) is 5.10 Å². The molecule has 1 fully saturated rings. The van der Waals surface area contributed by atoms with Gasteiger partial charge < -0.3 is 10.2 Å². The maximum atomic E-state index is 12.6.